The van der Waals surface area contributed by atoms with Crippen molar-refractivity contribution in [1.82, 2.24) is 0 Å². The van der Waals surface area contributed by atoms with Gasteiger partial charge in [-0.15, -0.1) is 0 Å². The lowest BCUT2D eigenvalue weighted by molar-refractivity contribution is -0.115. The van der Waals surface area contributed by atoms with Crippen molar-refractivity contribution < 1.29 is 4.79 Å². The van der Waals surface area contributed by atoms with E-state index in [2.05, 4.69) is 21.2 Å². The maximum atomic E-state index is 11.1. The lowest BCUT2D eigenvalue weighted by Gasteiger charge is -2.05. The molecule has 1 aromatic carbocycles. The number of nitrogens with one attached hydrogen (secondary N) is 1. The third kappa shape index (κ3) is 3.08. The highest BCUT2D eigenvalue weighted by atomic mass is 79.9. The smallest absolute Gasteiger partial charge is 0.238 e. The molecule has 1 aromatic rings. The van der Waals surface area contributed by atoms with Gasteiger partial charge in [-0.25, -0.2) is 0 Å². The Morgan fingerprint density at radius 1 is 1.47 bits per heavy atom. The van der Waals surface area contributed by atoms with Crippen LogP contribution in [0.2, 0.25) is 0 Å². The first-order valence-corrected chi connectivity index (χ1v) is 4.83. The van der Waals surface area contributed by atoms with Gasteiger partial charge in [0.1, 0.15) is 6.42 Å². The van der Waals surface area contributed by atoms with Crippen molar-refractivity contribution in [2.24, 2.45) is 0 Å². The van der Waals surface area contributed by atoms with E-state index in [1.54, 1.807) is 24.3 Å². The summed E-state index contributed by atoms with van der Waals surface area (Å²) in [6, 6.07) is 8.53. The Bertz CT molecular complexity index is 471. The van der Waals surface area contributed by atoms with E-state index in [1.165, 1.54) is 0 Å². The van der Waals surface area contributed by atoms with Crippen LogP contribution < -0.4 is 5.32 Å². The van der Waals surface area contributed by atoms with Crippen LogP contribution in [0.3, 0.4) is 0 Å². The molecule has 1 N–H and O–H groups in total. The van der Waals surface area contributed by atoms with Gasteiger partial charge in [0.15, 0.2) is 0 Å². The largest absolute Gasteiger partial charge is 0.324 e. The van der Waals surface area contributed by atoms with Gasteiger partial charge in [0, 0.05) is 4.47 Å². The van der Waals surface area contributed by atoms with Crippen LogP contribution in [0.15, 0.2) is 22.7 Å². The van der Waals surface area contributed by atoms with Crippen molar-refractivity contribution in [3.8, 4) is 12.1 Å². The Balaban J connectivity index is 2.85. The van der Waals surface area contributed by atoms with Crippen molar-refractivity contribution in [2.75, 3.05) is 5.32 Å². The molecule has 0 aliphatic rings. The van der Waals surface area contributed by atoms with Crippen LogP contribution in [0, 0.1) is 22.7 Å². The standard InChI is InChI=1S/C10H6BrN3O/c11-8-5-7(6-13)1-2-9(8)14-10(15)3-4-12/h1-2,5H,3H2,(H,14,15). The number of anilines is 1. The number of benzene rings is 1. The molecule has 4 nitrogen and oxygen atoms in total. The van der Waals surface area contributed by atoms with Crippen LogP contribution >= 0.6 is 15.9 Å². The molecular formula is C10H6BrN3O. The molecule has 0 spiro atoms. The summed E-state index contributed by atoms with van der Waals surface area (Å²) in [4.78, 5) is 11.1. The molecule has 5 heteroatoms. The van der Waals surface area contributed by atoms with Gasteiger partial charge in [0.25, 0.3) is 0 Å². The fourth-order valence-corrected chi connectivity index (χ4v) is 1.43. The van der Waals surface area contributed by atoms with Crippen molar-refractivity contribution >= 4 is 27.5 Å². The van der Waals surface area contributed by atoms with E-state index in [0.717, 1.165) is 0 Å². The van der Waals surface area contributed by atoms with Crippen LogP contribution in [-0.4, -0.2) is 5.91 Å². The maximum absolute atomic E-state index is 11.1. The molecule has 0 aromatic heterocycles. The van der Waals surface area contributed by atoms with E-state index >= 15 is 0 Å². The number of nitrogens with zero attached hydrogens (tertiary/aromatic N) is 2. The molecule has 0 atom stereocenters. The quantitative estimate of drug-likeness (QED) is 0.889. The monoisotopic (exact) mass is 263 g/mol. The van der Waals surface area contributed by atoms with E-state index in [1.807, 2.05) is 6.07 Å². The first-order valence-electron chi connectivity index (χ1n) is 4.04. The summed E-state index contributed by atoms with van der Waals surface area (Å²) in [6.07, 6.45) is -0.188. The van der Waals surface area contributed by atoms with E-state index in [0.29, 0.717) is 15.7 Å². The zero-order valence-electron chi connectivity index (χ0n) is 7.62. The molecule has 0 fully saturated rings. The molecule has 74 valence electrons. The fraction of sp³-hybridized carbons (Fsp3) is 0.100. The Labute approximate surface area is 95.3 Å². The highest BCUT2D eigenvalue weighted by Gasteiger charge is 2.05. The first kappa shape index (κ1) is 11.2. The van der Waals surface area contributed by atoms with Crippen molar-refractivity contribution in [3.63, 3.8) is 0 Å². The molecule has 0 saturated heterocycles. The number of rotatable bonds is 2. The number of halogens is 1. The number of carbonyl (C=O) groups excluding carboxylic acids is 1. The van der Waals surface area contributed by atoms with Crippen molar-refractivity contribution in [2.45, 2.75) is 6.42 Å². The van der Waals surface area contributed by atoms with E-state index in [-0.39, 0.29) is 12.3 Å². The molecule has 0 aliphatic heterocycles. The van der Waals surface area contributed by atoms with Crippen LogP contribution in [0.25, 0.3) is 0 Å². The van der Waals surface area contributed by atoms with Gasteiger partial charge in [-0.1, -0.05) is 0 Å². The summed E-state index contributed by atoms with van der Waals surface area (Å²) in [5.41, 5.74) is 1.05. The third-order valence-corrected chi connectivity index (χ3v) is 2.27. The van der Waals surface area contributed by atoms with Gasteiger partial charge in [-0.2, -0.15) is 10.5 Å². The summed E-state index contributed by atoms with van der Waals surface area (Å²) in [7, 11) is 0. The molecule has 0 bridgehead atoms. The van der Waals surface area contributed by atoms with Gasteiger partial charge in [0.2, 0.25) is 5.91 Å². The lowest BCUT2D eigenvalue weighted by Crippen LogP contribution is -2.10. The highest BCUT2D eigenvalue weighted by molar-refractivity contribution is 9.10. The summed E-state index contributed by atoms with van der Waals surface area (Å²) in [5.74, 6) is -0.372. The minimum absolute atomic E-state index is 0.188. The molecule has 0 heterocycles. The molecular weight excluding hydrogens is 258 g/mol. The second-order valence-corrected chi connectivity index (χ2v) is 3.54. The normalized spacial score (nSPS) is 8.73. The maximum Gasteiger partial charge on any atom is 0.238 e. The molecule has 0 aliphatic carbocycles. The number of hydrogen-bond acceptors (Lipinski definition) is 3. The highest BCUT2D eigenvalue weighted by Crippen LogP contribution is 2.23. The van der Waals surface area contributed by atoms with E-state index in [4.69, 9.17) is 10.5 Å². The number of carbonyl (C=O) groups is 1. The number of hydrogen-bond donors (Lipinski definition) is 1. The van der Waals surface area contributed by atoms with Crippen LogP contribution in [-0.2, 0) is 4.79 Å². The predicted octanol–water partition coefficient (Wildman–Crippen LogP) is 2.17. The Morgan fingerprint density at radius 3 is 2.73 bits per heavy atom. The predicted molar refractivity (Wildman–Crippen MR) is 57.7 cm³/mol. The molecule has 0 unspecified atom stereocenters. The Kier molecular flexibility index (Phi) is 3.84. The summed E-state index contributed by atoms with van der Waals surface area (Å²) in [6.45, 7) is 0. The number of amides is 1. The third-order valence-electron chi connectivity index (χ3n) is 1.61. The van der Waals surface area contributed by atoms with Crippen molar-refractivity contribution in [1.29, 1.82) is 10.5 Å². The molecule has 0 radical (unpaired) electrons. The second-order valence-electron chi connectivity index (χ2n) is 2.69. The zero-order valence-corrected chi connectivity index (χ0v) is 9.21. The van der Waals surface area contributed by atoms with Crippen LogP contribution in [0.5, 0.6) is 0 Å². The second kappa shape index (κ2) is 5.14. The van der Waals surface area contributed by atoms with Gasteiger partial charge in [-0.3, -0.25) is 4.79 Å². The van der Waals surface area contributed by atoms with Gasteiger partial charge in [-0.05, 0) is 34.1 Å². The summed E-state index contributed by atoms with van der Waals surface area (Å²) >= 11 is 3.22. The van der Waals surface area contributed by atoms with E-state index < -0.39 is 0 Å². The fourth-order valence-electron chi connectivity index (χ4n) is 0.952. The lowest BCUT2D eigenvalue weighted by atomic mass is 10.2. The summed E-state index contributed by atoms with van der Waals surface area (Å²) < 4.78 is 0.618. The Morgan fingerprint density at radius 2 is 2.20 bits per heavy atom. The van der Waals surface area contributed by atoms with E-state index in [9.17, 15) is 4.79 Å². The van der Waals surface area contributed by atoms with Gasteiger partial charge >= 0.3 is 0 Å². The molecule has 15 heavy (non-hydrogen) atoms. The summed E-state index contributed by atoms with van der Waals surface area (Å²) in [5, 5.41) is 19.5. The molecule has 0 saturated carbocycles. The van der Waals surface area contributed by atoms with Crippen molar-refractivity contribution in [3.05, 3.63) is 28.2 Å². The number of nitriles is 2. The van der Waals surface area contributed by atoms with Crippen LogP contribution in [0.1, 0.15) is 12.0 Å². The average Bonchev–Trinajstić information content (AvgIpc) is 2.21. The van der Waals surface area contributed by atoms with Crippen LogP contribution in [0.4, 0.5) is 5.69 Å². The molecule has 1 amide bonds. The van der Waals surface area contributed by atoms with Gasteiger partial charge < -0.3 is 5.32 Å². The first-order chi connectivity index (χ1) is 7.17. The Hall–Kier alpha value is -1.85. The minimum Gasteiger partial charge on any atom is -0.324 e. The zero-order chi connectivity index (χ0) is 11.3. The molecule has 1 rings (SSSR count). The SMILES string of the molecule is N#CCC(=O)Nc1ccc(C#N)cc1Br. The minimum atomic E-state index is -0.372. The average molecular weight is 264 g/mol. The van der Waals surface area contributed by atoms with Gasteiger partial charge in [0.05, 0.1) is 23.4 Å². The topological polar surface area (TPSA) is 76.7 Å².